The highest BCUT2D eigenvalue weighted by Crippen LogP contribution is 2.26. The van der Waals surface area contributed by atoms with E-state index in [9.17, 15) is 13.2 Å². The zero-order valence-electron chi connectivity index (χ0n) is 8.68. The summed E-state index contributed by atoms with van der Waals surface area (Å²) in [5.41, 5.74) is -1.71. The smallest absolute Gasteiger partial charge is 0.299 e. The van der Waals surface area contributed by atoms with Crippen LogP contribution >= 0.6 is 0 Å². The topological polar surface area (TPSA) is 80.7 Å². The molecule has 1 unspecified atom stereocenters. The van der Waals surface area contributed by atoms with Crippen molar-refractivity contribution in [2.45, 2.75) is 37.5 Å². The van der Waals surface area contributed by atoms with Gasteiger partial charge >= 0.3 is 0 Å². The molecule has 0 radical (unpaired) electrons. The van der Waals surface area contributed by atoms with Crippen LogP contribution in [0, 0.1) is 5.92 Å². The molecule has 1 atom stereocenters. The van der Waals surface area contributed by atoms with Gasteiger partial charge in [-0.2, -0.15) is 8.42 Å². The first kappa shape index (κ1) is 12.6. The fourth-order valence-corrected chi connectivity index (χ4v) is 2.69. The zero-order chi connectivity index (χ0) is 11.5. The number of hydrogen-bond acceptors (Lipinski definition) is 4. The van der Waals surface area contributed by atoms with E-state index in [0.717, 1.165) is 26.4 Å². The van der Waals surface area contributed by atoms with Crippen LogP contribution in [0.5, 0.6) is 0 Å². The van der Waals surface area contributed by atoms with Gasteiger partial charge in [0.1, 0.15) is 0 Å². The van der Waals surface area contributed by atoms with Gasteiger partial charge in [-0.3, -0.25) is 9.35 Å². The van der Waals surface area contributed by atoms with E-state index in [1.54, 1.807) is 0 Å². The Morgan fingerprint density at radius 2 is 1.87 bits per heavy atom. The van der Waals surface area contributed by atoms with Gasteiger partial charge in [-0.25, -0.2) is 0 Å². The lowest BCUT2D eigenvalue weighted by atomic mass is 9.86. The first-order valence-corrected chi connectivity index (χ1v) is 6.50. The molecule has 0 aromatic heterocycles. The summed E-state index contributed by atoms with van der Waals surface area (Å²) in [5.74, 6) is -0.801. The average Bonchev–Trinajstić information content (AvgIpc) is 2.18. The van der Waals surface area contributed by atoms with Crippen molar-refractivity contribution in [1.29, 1.82) is 0 Å². The maximum absolute atomic E-state index is 11.7. The Balaban J connectivity index is 2.72. The second-order valence-electron chi connectivity index (χ2n) is 3.82. The highest BCUT2D eigenvalue weighted by atomic mass is 32.2. The third kappa shape index (κ3) is 3.25. The number of ketones is 1. The SMILES string of the molecule is COC(C(=O)C1CCCCC1)S(=O)(=O)O. The number of hydrogen-bond donors (Lipinski definition) is 1. The molecular weight excluding hydrogens is 220 g/mol. The van der Waals surface area contributed by atoms with Gasteiger partial charge < -0.3 is 4.74 Å². The second-order valence-corrected chi connectivity index (χ2v) is 5.28. The molecule has 1 rings (SSSR count). The Kier molecular flexibility index (Phi) is 4.24. The van der Waals surface area contributed by atoms with Crippen LogP contribution in [0.2, 0.25) is 0 Å². The number of Topliss-reactive ketones (excluding diaryl/α,β-unsaturated/α-hetero) is 1. The second kappa shape index (κ2) is 5.05. The number of carbonyl (C=O) groups excluding carboxylic acids is 1. The van der Waals surface area contributed by atoms with E-state index >= 15 is 0 Å². The third-order valence-electron chi connectivity index (χ3n) is 2.72. The lowest BCUT2D eigenvalue weighted by Crippen LogP contribution is -2.37. The first-order valence-electron chi connectivity index (χ1n) is 4.99. The van der Waals surface area contributed by atoms with Crippen LogP contribution in [0.4, 0.5) is 0 Å². The molecule has 0 aromatic rings. The highest BCUT2D eigenvalue weighted by Gasteiger charge is 2.36. The van der Waals surface area contributed by atoms with Crippen molar-refractivity contribution in [2.24, 2.45) is 5.92 Å². The van der Waals surface area contributed by atoms with Crippen molar-refractivity contribution in [3.05, 3.63) is 0 Å². The lowest BCUT2D eigenvalue weighted by molar-refractivity contribution is -0.129. The van der Waals surface area contributed by atoms with Gasteiger partial charge in [-0.15, -0.1) is 0 Å². The Morgan fingerprint density at radius 3 is 2.27 bits per heavy atom. The minimum Gasteiger partial charge on any atom is -0.357 e. The van der Waals surface area contributed by atoms with E-state index in [4.69, 9.17) is 4.55 Å². The molecule has 1 saturated carbocycles. The van der Waals surface area contributed by atoms with Gasteiger partial charge in [0, 0.05) is 13.0 Å². The predicted molar refractivity (Wildman–Crippen MR) is 53.9 cm³/mol. The van der Waals surface area contributed by atoms with E-state index in [-0.39, 0.29) is 5.92 Å². The summed E-state index contributed by atoms with van der Waals surface area (Å²) in [6, 6.07) is 0. The summed E-state index contributed by atoms with van der Waals surface area (Å²) in [6.45, 7) is 0. The maximum Gasteiger partial charge on any atom is 0.299 e. The third-order valence-corrected chi connectivity index (χ3v) is 3.69. The van der Waals surface area contributed by atoms with Crippen LogP contribution in [0.25, 0.3) is 0 Å². The fourth-order valence-electron chi connectivity index (χ4n) is 1.96. The Bertz CT molecular complexity index is 315. The summed E-state index contributed by atoms with van der Waals surface area (Å²) in [4.78, 5) is 11.7. The molecule has 0 aromatic carbocycles. The Morgan fingerprint density at radius 1 is 1.33 bits per heavy atom. The number of methoxy groups -OCH3 is 1. The molecule has 1 N–H and O–H groups in total. The first-order chi connectivity index (χ1) is 6.96. The van der Waals surface area contributed by atoms with Crippen molar-refractivity contribution in [1.82, 2.24) is 0 Å². The molecular formula is C9H16O5S. The van der Waals surface area contributed by atoms with E-state index in [2.05, 4.69) is 4.74 Å². The largest absolute Gasteiger partial charge is 0.357 e. The molecule has 0 saturated heterocycles. The molecule has 15 heavy (non-hydrogen) atoms. The molecule has 1 aliphatic rings. The Hall–Kier alpha value is -0.460. The summed E-state index contributed by atoms with van der Waals surface area (Å²) in [6.07, 6.45) is 4.31. The van der Waals surface area contributed by atoms with Crippen LogP contribution in [0.1, 0.15) is 32.1 Å². The van der Waals surface area contributed by atoms with Gasteiger partial charge in [-0.1, -0.05) is 19.3 Å². The fraction of sp³-hybridized carbons (Fsp3) is 0.889. The van der Waals surface area contributed by atoms with Crippen molar-refractivity contribution >= 4 is 15.9 Å². The molecule has 0 spiro atoms. The van der Waals surface area contributed by atoms with Crippen molar-refractivity contribution in [3.8, 4) is 0 Å². The van der Waals surface area contributed by atoms with E-state index in [1.165, 1.54) is 0 Å². The molecule has 0 heterocycles. The van der Waals surface area contributed by atoms with E-state index in [0.29, 0.717) is 12.8 Å². The van der Waals surface area contributed by atoms with Crippen LogP contribution < -0.4 is 0 Å². The lowest BCUT2D eigenvalue weighted by Gasteiger charge is -2.22. The van der Waals surface area contributed by atoms with E-state index in [1.807, 2.05) is 0 Å². The van der Waals surface area contributed by atoms with Crippen LogP contribution in [0.15, 0.2) is 0 Å². The molecule has 0 aliphatic heterocycles. The van der Waals surface area contributed by atoms with Gasteiger partial charge in [0.25, 0.3) is 10.1 Å². The van der Waals surface area contributed by atoms with E-state index < -0.39 is 21.3 Å². The van der Waals surface area contributed by atoms with Crippen molar-refractivity contribution in [2.75, 3.05) is 7.11 Å². The van der Waals surface area contributed by atoms with Gasteiger partial charge in [0.2, 0.25) is 5.44 Å². The number of ether oxygens (including phenoxy) is 1. The number of rotatable bonds is 4. The van der Waals surface area contributed by atoms with Crippen LogP contribution in [0.3, 0.4) is 0 Å². The average molecular weight is 236 g/mol. The van der Waals surface area contributed by atoms with Crippen molar-refractivity contribution < 1.29 is 22.5 Å². The normalized spacial score (nSPS) is 21.2. The van der Waals surface area contributed by atoms with Crippen molar-refractivity contribution in [3.63, 3.8) is 0 Å². The quantitative estimate of drug-likeness (QED) is 0.736. The standard InChI is InChI=1S/C9H16O5S/c1-14-9(15(11,12)13)8(10)7-5-3-2-4-6-7/h7,9H,2-6H2,1H3,(H,11,12,13). The number of carbonyl (C=O) groups is 1. The van der Waals surface area contributed by atoms with Gasteiger partial charge in [0.05, 0.1) is 0 Å². The van der Waals surface area contributed by atoms with Crippen LogP contribution in [-0.2, 0) is 19.6 Å². The molecule has 6 heteroatoms. The Labute approximate surface area is 89.6 Å². The monoisotopic (exact) mass is 236 g/mol. The minimum atomic E-state index is -4.44. The van der Waals surface area contributed by atoms with Crippen LogP contribution in [-0.4, -0.2) is 31.3 Å². The molecule has 1 fully saturated rings. The van der Waals surface area contributed by atoms with Gasteiger partial charge in [-0.05, 0) is 12.8 Å². The molecule has 5 nitrogen and oxygen atoms in total. The summed E-state index contributed by atoms with van der Waals surface area (Å²) < 4.78 is 35.1. The zero-order valence-corrected chi connectivity index (χ0v) is 9.50. The summed E-state index contributed by atoms with van der Waals surface area (Å²) >= 11 is 0. The molecule has 88 valence electrons. The molecule has 1 aliphatic carbocycles. The molecule has 0 bridgehead atoms. The van der Waals surface area contributed by atoms with Gasteiger partial charge in [0.15, 0.2) is 5.78 Å². The summed E-state index contributed by atoms with van der Waals surface area (Å²) in [7, 11) is -3.33. The molecule has 0 amide bonds. The predicted octanol–water partition coefficient (Wildman–Crippen LogP) is 0.996. The summed E-state index contributed by atoms with van der Waals surface area (Å²) in [5, 5.41) is 0. The minimum absolute atomic E-state index is 0.286. The maximum atomic E-state index is 11.7. The highest BCUT2D eigenvalue weighted by molar-refractivity contribution is 7.87.